The molecule has 2 aromatic carbocycles. The number of halogens is 4. The Hall–Kier alpha value is -3.18. The van der Waals surface area contributed by atoms with Crippen LogP contribution in [0.15, 0.2) is 42.5 Å². The molecule has 1 heterocycles. The molecule has 3 atom stereocenters. The summed E-state index contributed by atoms with van der Waals surface area (Å²) in [6, 6.07) is 10.1. The van der Waals surface area contributed by atoms with E-state index in [2.05, 4.69) is 15.1 Å². The van der Waals surface area contributed by atoms with Gasteiger partial charge in [0.15, 0.2) is 11.5 Å². The van der Waals surface area contributed by atoms with E-state index in [1.165, 1.54) is 24.3 Å². The summed E-state index contributed by atoms with van der Waals surface area (Å²) in [5.41, 5.74) is 0.806. The van der Waals surface area contributed by atoms with E-state index in [0.29, 0.717) is 29.4 Å². The molecule has 0 spiro atoms. The van der Waals surface area contributed by atoms with Gasteiger partial charge in [0, 0.05) is 22.5 Å². The number of carbonyl (C=O) groups excluding carboxylic acids is 2. The van der Waals surface area contributed by atoms with Gasteiger partial charge in [-0.1, -0.05) is 23.7 Å². The molecule has 0 bridgehead atoms. The molecule has 2 aromatic rings. The number of nitrogens with one attached hydrogen (secondary N) is 1. The number of alkyl halides is 3. The maximum atomic E-state index is 13.1. The van der Waals surface area contributed by atoms with E-state index < -0.39 is 18.2 Å². The predicted octanol–water partition coefficient (Wildman–Crippen LogP) is 5.09. The first-order chi connectivity index (χ1) is 18.0. The zero-order valence-electron chi connectivity index (χ0n) is 21.2. The number of nitrogens with zero attached hydrogens (tertiary/aromatic N) is 2. The van der Waals surface area contributed by atoms with Gasteiger partial charge in [0.25, 0.3) is 0 Å². The molecule has 0 radical (unpaired) electrons. The number of carbonyl (C=O) groups is 2. The Morgan fingerprint density at radius 3 is 2.50 bits per heavy atom. The highest BCUT2D eigenvalue weighted by Gasteiger charge is 2.51. The van der Waals surface area contributed by atoms with Crippen LogP contribution in [0.5, 0.6) is 11.5 Å². The smallest absolute Gasteiger partial charge is 0.493 e. The molecule has 1 aliphatic heterocycles. The van der Waals surface area contributed by atoms with Gasteiger partial charge in [0.05, 0.1) is 19.9 Å². The van der Waals surface area contributed by atoms with Crippen molar-refractivity contribution in [2.75, 3.05) is 32.9 Å². The van der Waals surface area contributed by atoms with Gasteiger partial charge in [-0.05, 0) is 75.2 Å². The quantitative estimate of drug-likeness (QED) is 0.518. The fourth-order valence-electron chi connectivity index (χ4n) is 5.58. The standard InChI is InChI=1S/C26H29ClF3N3O5/c1-32-12-11-25(16-7-8-20(36-2)21(13-16)37-3)10-9-18(15-22(25)32)31-24(35)33(38-23(34)26(28,29)30)19-6-4-5-17(27)14-19/h4-8,13-14,18,22H,9-12,15H2,1-3H3,(H,31,35)/t18-,22+,25+/m1/s1. The molecule has 0 aromatic heterocycles. The Labute approximate surface area is 223 Å². The van der Waals surface area contributed by atoms with Crippen molar-refractivity contribution < 1.29 is 37.1 Å². The van der Waals surface area contributed by atoms with Crippen LogP contribution in [0.3, 0.4) is 0 Å². The molecule has 0 unspecified atom stereocenters. The van der Waals surface area contributed by atoms with Gasteiger partial charge in [-0.15, -0.1) is 5.06 Å². The van der Waals surface area contributed by atoms with E-state index in [0.717, 1.165) is 24.9 Å². The van der Waals surface area contributed by atoms with E-state index in [1.54, 1.807) is 14.2 Å². The predicted molar refractivity (Wildman–Crippen MR) is 135 cm³/mol. The lowest BCUT2D eigenvalue weighted by Gasteiger charge is -2.45. The Morgan fingerprint density at radius 2 is 1.84 bits per heavy atom. The van der Waals surface area contributed by atoms with E-state index >= 15 is 0 Å². The van der Waals surface area contributed by atoms with Gasteiger partial charge in [-0.2, -0.15) is 13.2 Å². The van der Waals surface area contributed by atoms with E-state index in [9.17, 15) is 22.8 Å². The molecule has 2 aliphatic rings. The van der Waals surface area contributed by atoms with Crippen LogP contribution in [0.25, 0.3) is 0 Å². The van der Waals surface area contributed by atoms with E-state index in [-0.39, 0.29) is 28.2 Å². The van der Waals surface area contributed by atoms with Crippen molar-refractivity contribution in [1.82, 2.24) is 10.2 Å². The zero-order valence-corrected chi connectivity index (χ0v) is 21.9. The molecule has 4 rings (SSSR count). The Balaban J connectivity index is 1.55. The third-order valence-electron chi connectivity index (χ3n) is 7.45. The Bertz CT molecular complexity index is 1200. The number of fused-ring (bicyclic) bond motifs is 1. The molecule has 2 amide bonds. The molecule has 1 aliphatic carbocycles. The largest absolute Gasteiger partial charge is 0.493 e. The SMILES string of the molecule is COc1ccc([C@@]23CC[C@@H](NC(=O)N(OC(=O)C(F)(F)F)c4cccc(Cl)c4)C[C@@H]2N(C)CC3)cc1OC. The van der Waals surface area contributed by atoms with Crippen LogP contribution >= 0.6 is 11.6 Å². The van der Waals surface area contributed by atoms with Gasteiger partial charge >= 0.3 is 18.2 Å². The summed E-state index contributed by atoms with van der Waals surface area (Å²) in [4.78, 5) is 31.4. The lowest BCUT2D eigenvalue weighted by atomic mass is 9.65. The third kappa shape index (κ3) is 5.49. The number of benzene rings is 2. The second-order valence-corrected chi connectivity index (χ2v) is 9.98. The minimum Gasteiger partial charge on any atom is -0.493 e. The molecule has 206 valence electrons. The number of likely N-dealkylation sites (tertiary alicyclic amines) is 1. The lowest BCUT2D eigenvalue weighted by Crippen LogP contribution is -2.54. The van der Waals surface area contributed by atoms with Gasteiger partial charge in [0.1, 0.15) is 0 Å². The summed E-state index contributed by atoms with van der Waals surface area (Å²) >= 11 is 5.96. The molecule has 1 saturated heterocycles. The molecular weight excluding hydrogens is 527 g/mol. The molecular formula is C26H29ClF3N3O5. The van der Waals surface area contributed by atoms with Crippen molar-refractivity contribution in [3.63, 3.8) is 0 Å². The minimum atomic E-state index is -5.28. The van der Waals surface area contributed by atoms with Crippen molar-refractivity contribution in [3.8, 4) is 11.5 Å². The number of likely N-dealkylation sites (N-methyl/N-ethyl adjacent to an activating group) is 1. The average Bonchev–Trinajstić information content (AvgIpc) is 3.22. The Morgan fingerprint density at radius 1 is 1.11 bits per heavy atom. The molecule has 1 saturated carbocycles. The third-order valence-corrected chi connectivity index (χ3v) is 7.68. The topological polar surface area (TPSA) is 80.3 Å². The van der Waals surface area contributed by atoms with Gasteiger partial charge < -0.3 is 24.5 Å². The van der Waals surface area contributed by atoms with Crippen LogP contribution < -0.4 is 19.9 Å². The average molecular weight is 556 g/mol. The van der Waals surface area contributed by atoms with Crippen molar-refractivity contribution in [2.24, 2.45) is 0 Å². The van der Waals surface area contributed by atoms with Crippen molar-refractivity contribution in [3.05, 3.63) is 53.1 Å². The van der Waals surface area contributed by atoms with Crippen LogP contribution in [0, 0.1) is 0 Å². The fourth-order valence-corrected chi connectivity index (χ4v) is 5.76. The summed E-state index contributed by atoms with van der Waals surface area (Å²) in [5.74, 6) is -1.25. The number of methoxy groups -OCH3 is 2. The van der Waals surface area contributed by atoms with Crippen LogP contribution in [0.1, 0.15) is 31.2 Å². The minimum absolute atomic E-state index is 0.0528. The van der Waals surface area contributed by atoms with Crippen molar-refractivity contribution >= 4 is 29.3 Å². The van der Waals surface area contributed by atoms with Gasteiger partial charge in [-0.25, -0.2) is 9.59 Å². The fraction of sp³-hybridized carbons (Fsp3) is 0.462. The first-order valence-electron chi connectivity index (χ1n) is 12.1. The molecule has 8 nitrogen and oxygen atoms in total. The Kier molecular flexibility index (Phi) is 7.98. The highest BCUT2D eigenvalue weighted by Crippen LogP contribution is 2.50. The number of hydrogen-bond donors (Lipinski definition) is 1. The second kappa shape index (κ2) is 10.9. The molecule has 12 heteroatoms. The number of hydroxylamine groups is 1. The summed E-state index contributed by atoms with van der Waals surface area (Å²) in [6.07, 6.45) is -2.54. The van der Waals surface area contributed by atoms with Crippen LogP contribution in [0.2, 0.25) is 5.02 Å². The molecule has 38 heavy (non-hydrogen) atoms. The van der Waals surface area contributed by atoms with Crippen LogP contribution in [-0.4, -0.2) is 63.0 Å². The molecule has 1 N–H and O–H groups in total. The number of anilines is 1. The summed E-state index contributed by atoms with van der Waals surface area (Å²) < 4.78 is 49.7. The lowest BCUT2D eigenvalue weighted by molar-refractivity contribution is -0.199. The first-order valence-corrected chi connectivity index (χ1v) is 12.4. The number of urea groups is 1. The first kappa shape index (κ1) is 27.8. The molecule has 2 fully saturated rings. The van der Waals surface area contributed by atoms with E-state index in [1.807, 2.05) is 25.2 Å². The monoisotopic (exact) mass is 555 g/mol. The van der Waals surface area contributed by atoms with E-state index in [4.69, 9.17) is 21.1 Å². The van der Waals surface area contributed by atoms with Crippen molar-refractivity contribution in [1.29, 1.82) is 0 Å². The van der Waals surface area contributed by atoms with Crippen LogP contribution in [0.4, 0.5) is 23.7 Å². The normalized spacial score (nSPS) is 23.3. The highest BCUT2D eigenvalue weighted by atomic mass is 35.5. The highest BCUT2D eigenvalue weighted by molar-refractivity contribution is 6.30. The number of amides is 2. The van der Waals surface area contributed by atoms with Gasteiger partial charge in [-0.3, -0.25) is 0 Å². The van der Waals surface area contributed by atoms with Gasteiger partial charge in [0.2, 0.25) is 0 Å². The number of hydrogen-bond acceptors (Lipinski definition) is 6. The van der Waals surface area contributed by atoms with Crippen LogP contribution in [-0.2, 0) is 15.0 Å². The summed E-state index contributed by atoms with van der Waals surface area (Å²) in [7, 11) is 5.18. The number of ether oxygens (including phenoxy) is 2. The summed E-state index contributed by atoms with van der Waals surface area (Å²) in [6.45, 7) is 0.845. The summed E-state index contributed by atoms with van der Waals surface area (Å²) in [5, 5.41) is 3.23. The number of rotatable bonds is 5. The second-order valence-electron chi connectivity index (χ2n) is 9.54. The zero-order chi connectivity index (χ0) is 27.7. The maximum absolute atomic E-state index is 13.1. The maximum Gasteiger partial charge on any atom is 0.493 e. The van der Waals surface area contributed by atoms with Crippen molar-refractivity contribution in [2.45, 2.75) is 49.4 Å².